The van der Waals surface area contributed by atoms with E-state index in [1.807, 2.05) is 42.5 Å². The molecule has 0 unspecified atom stereocenters. The van der Waals surface area contributed by atoms with Crippen molar-refractivity contribution in [1.29, 1.82) is 0 Å². The molecular weight excluding hydrogens is 370 g/mol. The number of likely N-dealkylation sites (N-methyl/N-ethyl adjacent to an activating group) is 1. The van der Waals surface area contributed by atoms with Crippen LogP contribution in [-0.4, -0.2) is 56.1 Å². The monoisotopic (exact) mass is 395 g/mol. The van der Waals surface area contributed by atoms with E-state index in [0.717, 1.165) is 16.5 Å². The number of methoxy groups -OCH3 is 2. The first kappa shape index (κ1) is 20.3. The molecule has 0 aliphatic carbocycles. The van der Waals surface area contributed by atoms with E-state index in [1.54, 1.807) is 27.5 Å². The average Bonchev–Trinajstić information content (AvgIpc) is 3.17. The van der Waals surface area contributed by atoms with Gasteiger partial charge in [0.15, 0.2) is 11.5 Å². The van der Waals surface area contributed by atoms with Gasteiger partial charge in [-0.15, -0.1) is 0 Å². The zero-order valence-electron chi connectivity index (χ0n) is 16.8. The summed E-state index contributed by atoms with van der Waals surface area (Å²) >= 11 is 0. The largest absolute Gasteiger partial charge is 0.493 e. The maximum Gasteiger partial charge on any atom is 0.256 e. The first-order valence-corrected chi connectivity index (χ1v) is 9.32. The summed E-state index contributed by atoms with van der Waals surface area (Å²) in [4.78, 5) is 29.4. The van der Waals surface area contributed by atoms with Gasteiger partial charge in [-0.2, -0.15) is 0 Å². The van der Waals surface area contributed by atoms with Gasteiger partial charge < -0.3 is 24.7 Å². The van der Waals surface area contributed by atoms with Crippen LogP contribution in [0.25, 0.3) is 10.9 Å². The molecule has 2 amide bonds. The molecule has 0 saturated heterocycles. The molecule has 0 radical (unpaired) electrons. The van der Waals surface area contributed by atoms with E-state index < -0.39 is 0 Å². The number of fused-ring (bicyclic) bond motifs is 1. The second-order valence-corrected chi connectivity index (χ2v) is 6.70. The van der Waals surface area contributed by atoms with Crippen molar-refractivity contribution in [3.63, 3.8) is 0 Å². The van der Waals surface area contributed by atoms with Crippen LogP contribution in [0.5, 0.6) is 11.5 Å². The van der Waals surface area contributed by atoms with Crippen molar-refractivity contribution < 1.29 is 19.1 Å². The Morgan fingerprint density at radius 1 is 1.07 bits per heavy atom. The van der Waals surface area contributed by atoms with Crippen LogP contribution in [0.2, 0.25) is 0 Å². The predicted octanol–water partition coefficient (Wildman–Crippen LogP) is 2.62. The third-order valence-corrected chi connectivity index (χ3v) is 4.73. The molecule has 0 aliphatic rings. The molecule has 152 valence electrons. The van der Waals surface area contributed by atoms with Crippen molar-refractivity contribution >= 4 is 22.7 Å². The number of hydrogen-bond acceptors (Lipinski definition) is 4. The van der Waals surface area contributed by atoms with Crippen LogP contribution < -0.4 is 14.8 Å². The van der Waals surface area contributed by atoms with Crippen LogP contribution in [-0.2, 0) is 11.2 Å². The number of ether oxygens (including phenoxy) is 2. The highest BCUT2D eigenvalue weighted by molar-refractivity contribution is 6.07. The minimum absolute atomic E-state index is 0.00965. The fraction of sp³-hybridized carbons (Fsp3) is 0.273. The highest BCUT2D eigenvalue weighted by atomic mass is 16.5. The predicted molar refractivity (Wildman–Crippen MR) is 112 cm³/mol. The number of nitrogens with one attached hydrogen (secondary N) is 2. The second-order valence-electron chi connectivity index (χ2n) is 6.70. The van der Waals surface area contributed by atoms with Gasteiger partial charge in [-0.1, -0.05) is 24.3 Å². The van der Waals surface area contributed by atoms with Gasteiger partial charge in [-0.3, -0.25) is 9.59 Å². The molecule has 3 rings (SSSR count). The Balaban J connectivity index is 1.52. The Bertz CT molecular complexity index is 1010. The average molecular weight is 395 g/mol. The minimum Gasteiger partial charge on any atom is -0.493 e. The Morgan fingerprint density at radius 2 is 1.83 bits per heavy atom. The molecule has 0 aliphatic heterocycles. The number of aromatic nitrogens is 1. The molecule has 2 aromatic carbocycles. The molecule has 7 heteroatoms. The van der Waals surface area contributed by atoms with Gasteiger partial charge >= 0.3 is 0 Å². The molecule has 0 fully saturated rings. The van der Waals surface area contributed by atoms with Crippen LogP contribution in [0.1, 0.15) is 15.9 Å². The highest BCUT2D eigenvalue weighted by Crippen LogP contribution is 2.27. The van der Waals surface area contributed by atoms with Gasteiger partial charge in [0.05, 0.1) is 26.3 Å². The molecule has 29 heavy (non-hydrogen) atoms. The van der Waals surface area contributed by atoms with Crippen molar-refractivity contribution in [3.8, 4) is 11.5 Å². The summed E-state index contributed by atoms with van der Waals surface area (Å²) in [5.41, 5.74) is 2.47. The lowest BCUT2D eigenvalue weighted by Gasteiger charge is -2.16. The summed E-state index contributed by atoms with van der Waals surface area (Å²) in [7, 11) is 4.80. The van der Waals surface area contributed by atoms with Crippen LogP contribution in [0.15, 0.2) is 48.7 Å². The van der Waals surface area contributed by atoms with Gasteiger partial charge in [0.25, 0.3) is 5.91 Å². The second kappa shape index (κ2) is 9.14. The standard InChI is InChI=1S/C22H25N3O4/c1-25(22(27)17-13-24-18-7-5-4-6-16(17)18)14-21(26)23-11-10-15-8-9-19(28-2)20(12-15)29-3/h4-9,12-13,24H,10-11,14H2,1-3H3,(H,23,26). The SMILES string of the molecule is COc1ccc(CCNC(=O)CN(C)C(=O)c2c[nH]c3ccccc23)cc1OC. The third-order valence-electron chi connectivity index (χ3n) is 4.73. The maximum absolute atomic E-state index is 12.7. The lowest BCUT2D eigenvalue weighted by molar-refractivity contribution is -0.121. The van der Waals surface area contributed by atoms with E-state index in [9.17, 15) is 9.59 Å². The topological polar surface area (TPSA) is 83.7 Å². The molecule has 7 nitrogen and oxygen atoms in total. The van der Waals surface area contributed by atoms with Gasteiger partial charge in [0.2, 0.25) is 5.91 Å². The summed E-state index contributed by atoms with van der Waals surface area (Å²) in [5, 5.41) is 3.70. The Morgan fingerprint density at radius 3 is 2.59 bits per heavy atom. The van der Waals surface area contributed by atoms with E-state index in [4.69, 9.17) is 9.47 Å². The lowest BCUT2D eigenvalue weighted by Crippen LogP contribution is -2.39. The number of aromatic amines is 1. The van der Waals surface area contributed by atoms with Gasteiger partial charge in [0, 0.05) is 30.7 Å². The molecule has 2 N–H and O–H groups in total. The lowest BCUT2D eigenvalue weighted by atomic mass is 10.1. The maximum atomic E-state index is 12.7. The quantitative estimate of drug-likeness (QED) is 0.614. The van der Waals surface area contributed by atoms with Crippen molar-refractivity contribution in [1.82, 2.24) is 15.2 Å². The number of amides is 2. The number of carbonyl (C=O) groups excluding carboxylic acids is 2. The molecule has 1 heterocycles. The van der Waals surface area contributed by atoms with E-state index in [1.165, 1.54) is 4.90 Å². The van der Waals surface area contributed by atoms with Crippen LogP contribution in [0.4, 0.5) is 0 Å². The summed E-state index contributed by atoms with van der Waals surface area (Å²) < 4.78 is 10.5. The number of H-pyrrole nitrogens is 1. The summed E-state index contributed by atoms with van der Waals surface area (Å²) in [6.45, 7) is 0.452. The van der Waals surface area contributed by atoms with Crippen molar-refractivity contribution in [3.05, 3.63) is 59.8 Å². The van der Waals surface area contributed by atoms with Crippen molar-refractivity contribution in [2.75, 3.05) is 34.4 Å². The number of hydrogen-bond donors (Lipinski definition) is 2. The van der Waals surface area contributed by atoms with Gasteiger partial charge in [-0.25, -0.2) is 0 Å². The number of nitrogens with zero attached hydrogens (tertiary/aromatic N) is 1. The zero-order chi connectivity index (χ0) is 20.8. The third kappa shape index (κ3) is 4.68. The fourth-order valence-corrected chi connectivity index (χ4v) is 3.18. The number of benzene rings is 2. The summed E-state index contributed by atoms with van der Waals surface area (Å²) in [6, 6.07) is 13.2. The molecule has 3 aromatic rings. The van der Waals surface area contributed by atoms with Gasteiger partial charge in [0.1, 0.15) is 0 Å². The molecule has 0 bridgehead atoms. The Hall–Kier alpha value is -3.48. The van der Waals surface area contributed by atoms with Crippen LogP contribution in [0.3, 0.4) is 0 Å². The first-order valence-electron chi connectivity index (χ1n) is 9.32. The Kier molecular flexibility index (Phi) is 6.39. The van der Waals surface area contributed by atoms with Crippen LogP contribution in [0, 0.1) is 0 Å². The number of rotatable bonds is 8. The molecule has 1 aromatic heterocycles. The van der Waals surface area contributed by atoms with Crippen molar-refractivity contribution in [2.24, 2.45) is 0 Å². The van der Waals surface area contributed by atoms with E-state index >= 15 is 0 Å². The normalized spacial score (nSPS) is 10.6. The van der Waals surface area contributed by atoms with Crippen LogP contribution >= 0.6 is 0 Å². The molecule has 0 saturated carbocycles. The summed E-state index contributed by atoms with van der Waals surface area (Å²) in [6.07, 6.45) is 2.32. The summed E-state index contributed by atoms with van der Waals surface area (Å²) in [5.74, 6) is 0.914. The fourth-order valence-electron chi connectivity index (χ4n) is 3.18. The van der Waals surface area contributed by atoms with E-state index in [2.05, 4.69) is 10.3 Å². The van der Waals surface area contributed by atoms with E-state index in [0.29, 0.717) is 30.0 Å². The number of carbonyl (C=O) groups is 2. The highest BCUT2D eigenvalue weighted by Gasteiger charge is 2.18. The zero-order valence-corrected chi connectivity index (χ0v) is 16.8. The van der Waals surface area contributed by atoms with Gasteiger partial charge in [-0.05, 0) is 30.2 Å². The van der Waals surface area contributed by atoms with Crippen molar-refractivity contribution in [2.45, 2.75) is 6.42 Å². The smallest absolute Gasteiger partial charge is 0.256 e. The first-order chi connectivity index (χ1) is 14.0. The minimum atomic E-state index is -0.207. The Labute approximate surface area is 169 Å². The van der Waals surface area contributed by atoms with E-state index in [-0.39, 0.29) is 18.4 Å². The number of para-hydroxylation sites is 1. The molecule has 0 atom stereocenters. The molecule has 0 spiro atoms. The molecular formula is C22H25N3O4.